The van der Waals surface area contributed by atoms with Gasteiger partial charge in [-0.25, -0.2) is 4.79 Å². The molecule has 0 spiro atoms. The van der Waals surface area contributed by atoms with E-state index in [1.807, 2.05) is 52.0 Å². The molecule has 0 heterocycles. The molecule has 2 aromatic rings. The van der Waals surface area contributed by atoms with E-state index in [4.69, 9.17) is 14.2 Å². The molecule has 0 unspecified atom stereocenters. The summed E-state index contributed by atoms with van der Waals surface area (Å²) < 4.78 is 16.9. The van der Waals surface area contributed by atoms with Crippen LogP contribution in [0.25, 0.3) is 10.8 Å². The molecule has 0 fully saturated rings. The van der Waals surface area contributed by atoms with E-state index >= 15 is 0 Å². The number of methoxy groups -OCH3 is 1. The molecule has 0 aliphatic heterocycles. The quantitative estimate of drug-likeness (QED) is 0.921. The minimum absolute atomic E-state index is 0.391. The van der Waals surface area contributed by atoms with Gasteiger partial charge in [0.1, 0.15) is 11.4 Å². The van der Waals surface area contributed by atoms with Crippen molar-refractivity contribution in [2.45, 2.75) is 33.3 Å². The number of carbonyl (C=O) groups excluding carboxylic acids is 1. The molecule has 0 radical (unpaired) electrons. The maximum atomic E-state index is 11.9. The molecule has 0 aliphatic carbocycles. The number of carbonyl (C=O) groups is 1. The van der Waals surface area contributed by atoms with E-state index in [9.17, 15) is 4.79 Å². The van der Waals surface area contributed by atoms with Crippen LogP contribution in [0.2, 0.25) is 0 Å². The normalized spacial score (nSPS) is 11.2. The number of amides is 1. The van der Waals surface area contributed by atoms with Crippen LogP contribution in [-0.2, 0) is 0 Å². The Balaban J connectivity index is 2.62. The molecule has 1 N–H and O–H groups in total. The molecule has 0 aromatic heterocycles. The average Bonchev–Trinajstić information content (AvgIpc) is 2.48. The fraction of sp³-hybridized carbons (Fsp3) is 0.389. The highest BCUT2D eigenvalue weighted by Crippen LogP contribution is 2.42. The lowest BCUT2D eigenvalue weighted by Crippen LogP contribution is -2.28. The van der Waals surface area contributed by atoms with E-state index in [1.54, 1.807) is 13.2 Å². The van der Waals surface area contributed by atoms with Gasteiger partial charge in [-0.1, -0.05) is 24.3 Å². The highest BCUT2D eigenvalue weighted by Gasteiger charge is 2.22. The monoisotopic (exact) mass is 317 g/mol. The first-order valence-electron chi connectivity index (χ1n) is 7.60. The van der Waals surface area contributed by atoms with E-state index in [-0.39, 0.29) is 0 Å². The standard InChI is InChI=1S/C18H23NO4/c1-6-19-17(20)22-16-13-10-8-7-9-12(13)14(21-5)11-15(16)23-18(2,3)4/h7-11H,6H2,1-5H3,(H,19,20). The Morgan fingerprint density at radius 1 is 1.13 bits per heavy atom. The summed E-state index contributed by atoms with van der Waals surface area (Å²) in [7, 11) is 1.60. The molecule has 124 valence electrons. The van der Waals surface area contributed by atoms with Crippen molar-refractivity contribution in [3.05, 3.63) is 30.3 Å². The minimum atomic E-state index is -0.512. The largest absolute Gasteiger partial charge is 0.496 e. The molecule has 0 saturated carbocycles. The number of rotatable bonds is 4. The van der Waals surface area contributed by atoms with Gasteiger partial charge in [-0.2, -0.15) is 0 Å². The molecule has 0 saturated heterocycles. The van der Waals surface area contributed by atoms with Gasteiger partial charge in [0.2, 0.25) is 0 Å². The van der Waals surface area contributed by atoms with Gasteiger partial charge in [0.25, 0.3) is 0 Å². The Labute approximate surface area is 136 Å². The summed E-state index contributed by atoms with van der Waals surface area (Å²) in [6.45, 7) is 8.13. The van der Waals surface area contributed by atoms with E-state index in [2.05, 4.69) is 5.32 Å². The van der Waals surface area contributed by atoms with Crippen LogP contribution in [0.15, 0.2) is 30.3 Å². The molecule has 5 heteroatoms. The molecule has 0 aliphatic rings. The van der Waals surface area contributed by atoms with Crippen LogP contribution in [-0.4, -0.2) is 25.3 Å². The Kier molecular flexibility index (Phi) is 4.98. The fourth-order valence-corrected chi connectivity index (χ4v) is 2.24. The van der Waals surface area contributed by atoms with E-state index in [0.717, 1.165) is 10.8 Å². The second-order valence-electron chi connectivity index (χ2n) is 6.09. The third-order valence-electron chi connectivity index (χ3n) is 3.08. The first kappa shape index (κ1) is 16.9. The zero-order valence-electron chi connectivity index (χ0n) is 14.2. The maximum Gasteiger partial charge on any atom is 0.412 e. The lowest BCUT2D eigenvalue weighted by atomic mass is 10.1. The first-order valence-corrected chi connectivity index (χ1v) is 7.60. The number of hydrogen-bond acceptors (Lipinski definition) is 4. The number of hydrogen-bond donors (Lipinski definition) is 1. The first-order chi connectivity index (χ1) is 10.9. The van der Waals surface area contributed by atoms with Crippen LogP contribution in [0.5, 0.6) is 17.2 Å². The van der Waals surface area contributed by atoms with Crippen LogP contribution in [0.4, 0.5) is 4.79 Å². The lowest BCUT2D eigenvalue weighted by Gasteiger charge is -2.24. The van der Waals surface area contributed by atoms with Gasteiger partial charge < -0.3 is 19.5 Å². The second-order valence-corrected chi connectivity index (χ2v) is 6.09. The predicted octanol–water partition coefficient (Wildman–Crippen LogP) is 4.13. The van der Waals surface area contributed by atoms with Gasteiger partial charge in [-0.15, -0.1) is 0 Å². The Bertz CT molecular complexity index is 704. The van der Waals surface area contributed by atoms with Crippen molar-refractivity contribution >= 4 is 16.9 Å². The van der Waals surface area contributed by atoms with Crippen LogP contribution in [0.1, 0.15) is 27.7 Å². The van der Waals surface area contributed by atoms with Crippen LogP contribution >= 0.6 is 0 Å². The van der Waals surface area contributed by atoms with Gasteiger partial charge in [0.05, 0.1) is 7.11 Å². The van der Waals surface area contributed by atoms with Crippen molar-refractivity contribution in [1.82, 2.24) is 5.32 Å². The molecule has 0 atom stereocenters. The molecule has 0 bridgehead atoms. The zero-order valence-corrected chi connectivity index (χ0v) is 14.2. The predicted molar refractivity (Wildman–Crippen MR) is 90.6 cm³/mol. The summed E-state index contributed by atoms with van der Waals surface area (Å²) in [5.41, 5.74) is -0.438. The van der Waals surface area contributed by atoms with Crippen molar-refractivity contribution in [1.29, 1.82) is 0 Å². The van der Waals surface area contributed by atoms with Crippen LogP contribution in [0.3, 0.4) is 0 Å². The Morgan fingerprint density at radius 2 is 1.78 bits per heavy atom. The van der Waals surface area contributed by atoms with Gasteiger partial charge in [-0.3, -0.25) is 0 Å². The van der Waals surface area contributed by atoms with Gasteiger partial charge in [0, 0.05) is 23.4 Å². The van der Waals surface area contributed by atoms with Crippen LogP contribution < -0.4 is 19.5 Å². The summed E-state index contributed by atoms with van der Waals surface area (Å²) >= 11 is 0. The SMILES string of the molecule is CCNC(=O)Oc1c(OC(C)(C)C)cc(OC)c2ccccc12. The van der Waals surface area contributed by atoms with Gasteiger partial charge >= 0.3 is 6.09 Å². The summed E-state index contributed by atoms with van der Waals surface area (Å²) in [6.07, 6.45) is -0.512. The van der Waals surface area contributed by atoms with Crippen molar-refractivity contribution in [3.63, 3.8) is 0 Å². The van der Waals surface area contributed by atoms with Gasteiger partial charge in [-0.05, 0) is 27.7 Å². The van der Waals surface area contributed by atoms with Crippen molar-refractivity contribution < 1.29 is 19.0 Å². The highest BCUT2D eigenvalue weighted by atomic mass is 16.6. The second kappa shape index (κ2) is 6.77. The molecule has 2 rings (SSSR count). The molecular weight excluding hydrogens is 294 g/mol. The smallest absolute Gasteiger partial charge is 0.412 e. The van der Waals surface area contributed by atoms with Crippen molar-refractivity contribution in [2.75, 3.05) is 13.7 Å². The molecule has 5 nitrogen and oxygen atoms in total. The third-order valence-corrected chi connectivity index (χ3v) is 3.08. The summed E-state index contributed by atoms with van der Waals surface area (Å²) in [6, 6.07) is 9.34. The summed E-state index contributed by atoms with van der Waals surface area (Å²) in [4.78, 5) is 11.9. The topological polar surface area (TPSA) is 56.8 Å². The van der Waals surface area contributed by atoms with E-state index < -0.39 is 11.7 Å². The summed E-state index contributed by atoms with van der Waals surface area (Å²) in [5.74, 6) is 1.53. The number of ether oxygens (including phenoxy) is 3. The van der Waals surface area contributed by atoms with Gasteiger partial charge in [0.15, 0.2) is 11.5 Å². The maximum absolute atomic E-state index is 11.9. The number of nitrogens with one attached hydrogen (secondary N) is 1. The minimum Gasteiger partial charge on any atom is -0.496 e. The molecular formula is C18H23NO4. The van der Waals surface area contributed by atoms with E-state index in [0.29, 0.717) is 23.8 Å². The van der Waals surface area contributed by atoms with Crippen molar-refractivity contribution in [3.8, 4) is 17.2 Å². The Morgan fingerprint density at radius 3 is 2.35 bits per heavy atom. The number of benzene rings is 2. The molecule has 2 aromatic carbocycles. The fourth-order valence-electron chi connectivity index (χ4n) is 2.24. The number of fused-ring (bicyclic) bond motifs is 1. The van der Waals surface area contributed by atoms with Crippen LogP contribution in [0, 0.1) is 0 Å². The molecule has 1 amide bonds. The Hall–Kier alpha value is -2.43. The van der Waals surface area contributed by atoms with E-state index in [1.165, 1.54) is 0 Å². The third kappa shape index (κ3) is 4.06. The lowest BCUT2D eigenvalue weighted by molar-refractivity contribution is 0.124. The zero-order chi connectivity index (χ0) is 17.0. The molecule has 23 heavy (non-hydrogen) atoms. The highest BCUT2D eigenvalue weighted by molar-refractivity contribution is 5.97. The summed E-state index contributed by atoms with van der Waals surface area (Å²) in [5, 5.41) is 4.25. The van der Waals surface area contributed by atoms with Crippen molar-refractivity contribution in [2.24, 2.45) is 0 Å². The average molecular weight is 317 g/mol.